The molecule has 0 radical (unpaired) electrons. The Morgan fingerprint density at radius 1 is 1.30 bits per heavy atom. The molecule has 0 aliphatic rings. The number of aromatic nitrogens is 3. The van der Waals surface area contributed by atoms with E-state index in [2.05, 4.69) is 20.7 Å². The number of nitro benzene ring substituents is 1. The second-order valence-electron chi connectivity index (χ2n) is 6.03. The van der Waals surface area contributed by atoms with Crippen LogP contribution < -0.4 is 10.2 Å². The fourth-order valence-electron chi connectivity index (χ4n) is 2.48. The van der Waals surface area contributed by atoms with Crippen molar-refractivity contribution >= 4 is 29.6 Å². The van der Waals surface area contributed by atoms with Crippen LogP contribution in [0.15, 0.2) is 58.8 Å². The summed E-state index contributed by atoms with van der Waals surface area (Å²) < 4.78 is 6.76. The second-order valence-corrected chi connectivity index (χ2v) is 6.97. The summed E-state index contributed by atoms with van der Waals surface area (Å²) in [7, 11) is 3.32. The van der Waals surface area contributed by atoms with Crippen molar-refractivity contribution in [2.45, 2.75) is 5.16 Å². The standard InChI is InChI=1S/C19H18N6O4S/c1-24-18(14-4-3-5-15(10-14)25(27)28)22-23-19(24)30-12-17(26)21-20-11-13-6-8-16(29-2)9-7-13/h3-11H,12H2,1-2H3,(H,21,26)/b20-11-. The third-order valence-corrected chi connectivity index (χ3v) is 5.02. The minimum atomic E-state index is -0.466. The molecule has 3 aromatic rings. The fourth-order valence-corrected chi connectivity index (χ4v) is 3.19. The lowest BCUT2D eigenvalue weighted by molar-refractivity contribution is -0.384. The van der Waals surface area contributed by atoms with Crippen LogP contribution in [0.3, 0.4) is 0 Å². The lowest BCUT2D eigenvalue weighted by Crippen LogP contribution is -2.19. The molecule has 154 valence electrons. The zero-order valence-corrected chi connectivity index (χ0v) is 17.0. The summed E-state index contributed by atoms with van der Waals surface area (Å²) in [4.78, 5) is 22.5. The molecule has 0 saturated carbocycles. The van der Waals surface area contributed by atoms with Gasteiger partial charge in [0.1, 0.15) is 5.75 Å². The number of benzene rings is 2. The highest BCUT2D eigenvalue weighted by atomic mass is 32.2. The minimum Gasteiger partial charge on any atom is -0.497 e. The number of nitro groups is 1. The number of methoxy groups -OCH3 is 1. The van der Waals surface area contributed by atoms with Gasteiger partial charge < -0.3 is 9.30 Å². The van der Waals surface area contributed by atoms with Gasteiger partial charge in [-0.25, -0.2) is 5.43 Å². The first-order chi connectivity index (χ1) is 14.5. The van der Waals surface area contributed by atoms with Gasteiger partial charge in [0.15, 0.2) is 11.0 Å². The van der Waals surface area contributed by atoms with Gasteiger partial charge in [-0.15, -0.1) is 10.2 Å². The monoisotopic (exact) mass is 426 g/mol. The van der Waals surface area contributed by atoms with E-state index in [9.17, 15) is 14.9 Å². The molecule has 0 bridgehead atoms. The number of carbonyl (C=O) groups is 1. The number of nitrogens with one attached hydrogen (secondary N) is 1. The third-order valence-electron chi connectivity index (χ3n) is 4.00. The zero-order valence-electron chi connectivity index (χ0n) is 16.2. The molecule has 0 atom stereocenters. The molecule has 11 heteroatoms. The molecule has 0 saturated heterocycles. The fraction of sp³-hybridized carbons (Fsp3) is 0.158. The number of non-ortho nitro benzene ring substituents is 1. The Kier molecular flexibility index (Phi) is 6.75. The predicted molar refractivity (Wildman–Crippen MR) is 113 cm³/mol. The van der Waals surface area contributed by atoms with E-state index in [0.717, 1.165) is 11.3 Å². The SMILES string of the molecule is COc1ccc(/C=N\NC(=O)CSc2nnc(-c3cccc([N+](=O)[O-])c3)n2C)cc1. The maximum Gasteiger partial charge on any atom is 0.270 e. The van der Waals surface area contributed by atoms with Gasteiger partial charge in [0.25, 0.3) is 11.6 Å². The Bertz CT molecular complexity index is 1080. The van der Waals surface area contributed by atoms with Gasteiger partial charge in [0, 0.05) is 24.7 Å². The summed E-state index contributed by atoms with van der Waals surface area (Å²) in [5.74, 6) is 0.991. The van der Waals surface area contributed by atoms with Crippen molar-refractivity contribution in [3.63, 3.8) is 0 Å². The molecule has 30 heavy (non-hydrogen) atoms. The van der Waals surface area contributed by atoms with Crippen molar-refractivity contribution in [1.82, 2.24) is 20.2 Å². The van der Waals surface area contributed by atoms with Gasteiger partial charge in [0.05, 0.1) is 24.0 Å². The lowest BCUT2D eigenvalue weighted by Gasteiger charge is -2.04. The first kappa shape index (κ1) is 21.0. The molecule has 1 aromatic heterocycles. The van der Waals surface area contributed by atoms with Gasteiger partial charge in [-0.05, 0) is 29.8 Å². The Hall–Kier alpha value is -3.73. The van der Waals surface area contributed by atoms with E-state index >= 15 is 0 Å². The largest absolute Gasteiger partial charge is 0.497 e. The van der Waals surface area contributed by atoms with Crippen LogP contribution in [-0.2, 0) is 11.8 Å². The van der Waals surface area contributed by atoms with Crippen LogP contribution in [-0.4, -0.2) is 44.7 Å². The molecule has 0 aliphatic heterocycles. The van der Waals surface area contributed by atoms with Gasteiger partial charge in [-0.1, -0.05) is 23.9 Å². The van der Waals surface area contributed by atoms with Crippen LogP contribution in [0.1, 0.15) is 5.56 Å². The third kappa shape index (κ3) is 5.20. The van der Waals surface area contributed by atoms with Crippen molar-refractivity contribution in [1.29, 1.82) is 0 Å². The molecule has 2 aromatic carbocycles. The number of hydrazone groups is 1. The highest BCUT2D eigenvalue weighted by Gasteiger charge is 2.15. The molecule has 1 heterocycles. The number of thioether (sulfide) groups is 1. The van der Waals surface area contributed by atoms with Crippen molar-refractivity contribution in [2.24, 2.45) is 12.1 Å². The first-order valence-corrected chi connectivity index (χ1v) is 9.69. The van der Waals surface area contributed by atoms with E-state index in [1.54, 1.807) is 43.0 Å². The second kappa shape index (κ2) is 9.65. The van der Waals surface area contributed by atoms with E-state index in [4.69, 9.17) is 4.74 Å². The summed E-state index contributed by atoms with van der Waals surface area (Å²) in [6, 6.07) is 13.4. The molecule has 1 N–H and O–H groups in total. The van der Waals surface area contributed by atoms with Crippen LogP contribution in [0, 0.1) is 10.1 Å². The van der Waals surface area contributed by atoms with E-state index in [0.29, 0.717) is 16.5 Å². The molecular formula is C19H18N6O4S. The van der Waals surface area contributed by atoms with Crippen LogP contribution in [0.25, 0.3) is 11.4 Å². The summed E-state index contributed by atoms with van der Waals surface area (Å²) in [5.41, 5.74) is 3.81. The number of nitrogens with zero attached hydrogens (tertiary/aromatic N) is 5. The minimum absolute atomic E-state index is 0.0289. The Balaban J connectivity index is 1.57. The highest BCUT2D eigenvalue weighted by Crippen LogP contribution is 2.25. The smallest absolute Gasteiger partial charge is 0.270 e. The maximum absolute atomic E-state index is 12.0. The average molecular weight is 426 g/mol. The molecule has 0 spiro atoms. The van der Waals surface area contributed by atoms with Crippen LogP contribution in [0.2, 0.25) is 0 Å². The normalized spacial score (nSPS) is 10.9. The van der Waals surface area contributed by atoms with Crippen LogP contribution >= 0.6 is 11.8 Å². The van der Waals surface area contributed by atoms with Crippen molar-refractivity contribution in [3.8, 4) is 17.1 Å². The lowest BCUT2D eigenvalue weighted by atomic mass is 10.2. The van der Waals surface area contributed by atoms with Gasteiger partial charge >= 0.3 is 0 Å². The van der Waals surface area contributed by atoms with Gasteiger partial charge in [-0.3, -0.25) is 14.9 Å². The predicted octanol–water partition coefficient (Wildman–Crippen LogP) is 2.64. The number of carbonyl (C=O) groups excluding carboxylic acids is 1. The number of hydrogen-bond acceptors (Lipinski definition) is 8. The van der Waals surface area contributed by atoms with Crippen LogP contribution in [0.4, 0.5) is 5.69 Å². The number of amides is 1. The summed E-state index contributed by atoms with van der Waals surface area (Å²) in [6.45, 7) is 0. The molecule has 10 nitrogen and oxygen atoms in total. The molecule has 0 aliphatic carbocycles. The van der Waals surface area contributed by atoms with E-state index in [1.165, 1.54) is 30.1 Å². The van der Waals surface area contributed by atoms with E-state index in [1.807, 2.05) is 12.1 Å². The Morgan fingerprint density at radius 2 is 2.07 bits per heavy atom. The van der Waals surface area contributed by atoms with E-state index < -0.39 is 4.92 Å². The average Bonchev–Trinajstić information content (AvgIpc) is 3.13. The van der Waals surface area contributed by atoms with Crippen LogP contribution in [0.5, 0.6) is 5.75 Å². The molecule has 3 rings (SSSR count). The maximum atomic E-state index is 12.0. The summed E-state index contributed by atoms with van der Waals surface area (Å²) >= 11 is 1.19. The van der Waals surface area contributed by atoms with Gasteiger partial charge in [-0.2, -0.15) is 5.10 Å². The molecule has 1 amide bonds. The summed E-state index contributed by atoms with van der Waals surface area (Å²) in [6.07, 6.45) is 1.53. The Morgan fingerprint density at radius 3 is 2.77 bits per heavy atom. The number of ether oxygens (including phenoxy) is 1. The quantitative estimate of drug-likeness (QED) is 0.254. The molecular weight excluding hydrogens is 408 g/mol. The number of hydrogen-bond donors (Lipinski definition) is 1. The van der Waals surface area contributed by atoms with Crippen molar-refractivity contribution in [3.05, 3.63) is 64.2 Å². The highest BCUT2D eigenvalue weighted by molar-refractivity contribution is 7.99. The van der Waals surface area contributed by atoms with Gasteiger partial charge in [0.2, 0.25) is 0 Å². The van der Waals surface area contributed by atoms with E-state index in [-0.39, 0.29) is 17.3 Å². The molecule has 0 fully saturated rings. The van der Waals surface area contributed by atoms with Crippen molar-refractivity contribution in [2.75, 3.05) is 12.9 Å². The number of rotatable bonds is 8. The summed E-state index contributed by atoms with van der Waals surface area (Å²) in [5, 5.41) is 23.5. The topological polar surface area (TPSA) is 125 Å². The Labute approximate surface area is 176 Å². The first-order valence-electron chi connectivity index (χ1n) is 8.71. The van der Waals surface area contributed by atoms with Crippen molar-refractivity contribution < 1.29 is 14.5 Å². The molecule has 0 unspecified atom stereocenters. The zero-order chi connectivity index (χ0) is 21.5.